The molecule has 0 unspecified atom stereocenters. The molecule has 0 atom stereocenters. The van der Waals surface area contributed by atoms with Crippen LogP contribution in [0, 0.1) is 18.8 Å². The summed E-state index contributed by atoms with van der Waals surface area (Å²) < 4.78 is 4.56. The quantitative estimate of drug-likeness (QED) is 0.156. The Morgan fingerprint density at radius 3 is 2.06 bits per heavy atom. The zero-order valence-electron chi connectivity index (χ0n) is 30.7. The van der Waals surface area contributed by atoms with E-state index >= 15 is 0 Å². The van der Waals surface area contributed by atoms with Crippen LogP contribution < -0.4 is 9.80 Å². The fourth-order valence-electron chi connectivity index (χ4n) is 7.35. The molecule has 3 heterocycles. The fourth-order valence-corrected chi connectivity index (χ4v) is 7.35. The van der Waals surface area contributed by atoms with Gasteiger partial charge in [0.15, 0.2) is 0 Å². The molecule has 0 bridgehead atoms. The van der Waals surface area contributed by atoms with Crippen LogP contribution in [0.5, 0.6) is 0 Å². The minimum atomic E-state index is 0. The van der Waals surface area contributed by atoms with Crippen molar-refractivity contribution in [1.82, 2.24) is 14.1 Å². The molecule has 0 fully saturated rings. The average molecular weight is 869 g/mol. The van der Waals surface area contributed by atoms with Crippen LogP contribution in [0.4, 0.5) is 17.1 Å². The van der Waals surface area contributed by atoms with Crippen LogP contribution in [0.25, 0.3) is 44.6 Å². The zero-order valence-corrected chi connectivity index (χ0v) is 33.1. The van der Waals surface area contributed by atoms with E-state index in [0.29, 0.717) is 11.8 Å². The molecule has 0 N–H and O–H groups in total. The predicted octanol–water partition coefficient (Wildman–Crippen LogP) is 11.9. The molecular weight excluding hydrogens is 827 g/mol. The van der Waals surface area contributed by atoms with Crippen molar-refractivity contribution in [2.45, 2.75) is 39.5 Å². The first-order valence-corrected chi connectivity index (χ1v) is 18.0. The Labute approximate surface area is 326 Å². The summed E-state index contributed by atoms with van der Waals surface area (Å²) >= 11 is 0. The van der Waals surface area contributed by atoms with E-state index in [4.69, 9.17) is 0 Å². The van der Waals surface area contributed by atoms with Gasteiger partial charge in [-0.1, -0.05) is 99.9 Å². The molecule has 264 valence electrons. The Morgan fingerprint density at radius 1 is 0.660 bits per heavy atom. The van der Waals surface area contributed by atoms with Gasteiger partial charge >= 0.3 is 20.1 Å². The predicted molar refractivity (Wildman–Crippen MR) is 217 cm³/mol. The van der Waals surface area contributed by atoms with Crippen LogP contribution in [-0.4, -0.2) is 21.2 Å². The van der Waals surface area contributed by atoms with Crippen LogP contribution in [0.15, 0.2) is 146 Å². The van der Waals surface area contributed by atoms with Gasteiger partial charge in [-0.2, -0.15) is 18.8 Å². The molecule has 0 radical (unpaired) electrons. The van der Waals surface area contributed by atoms with E-state index in [9.17, 15) is 0 Å². The molecule has 2 aromatic heterocycles. The van der Waals surface area contributed by atoms with E-state index in [0.717, 1.165) is 17.1 Å². The molecule has 1 aliphatic rings. The molecule has 0 saturated heterocycles. The van der Waals surface area contributed by atoms with Gasteiger partial charge in [-0.05, 0) is 65.7 Å². The van der Waals surface area contributed by atoms with Crippen LogP contribution >= 0.6 is 0 Å². The Bertz CT molecular complexity index is 2450. The number of benzene rings is 6. The molecule has 0 saturated carbocycles. The number of hydrogen-bond acceptors (Lipinski definition) is 3. The number of aromatic nitrogens is 3. The molecule has 0 aliphatic carbocycles. The normalized spacial score (nSPS) is 12.3. The van der Waals surface area contributed by atoms with E-state index < -0.39 is 0 Å². The van der Waals surface area contributed by atoms with Crippen LogP contribution in [0.2, 0.25) is 0 Å². The number of nitrogens with zero attached hydrogens (tertiary/aromatic N) is 5. The van der Waals surface area contributed by atoms with Crippen molar-refractivity contribution in [3.8, 4) is 22.8 Å². The minimum Gasteiger partial charge on any atom is -0.504 e. The second kappa shape index (κ2) is 15.3. The third-order valence-electron chi connectivity index (χ3n) is 9.85. The molecule has 8 aromatic rings. The first-order chi connectivity index (χ1) is 25.4. The Balaban J connectivity index is 0.000000166. The van der Waals surface area contributed by atoms with Gasteiger partial charge in [0, 0.05) is 40.7 Å². The third kappa shape index (κ3) is 6.70. The standard InChI is InChI=1S/C26H19N3.C21H23N2.Ir/c1-27-18-28(25-14-8-7-13-24(25)27)20-15-16-22-21-11-5-6-12-23(21)29(26(22)17-20)19-9-3-2-4-10-19;1-15(2)18-11-8-12-19(16(3)4)20(18)23-14-13-22-21(23)17-9-6-5-7-10-17;/h2-14,16-18H,1H3;5-9,11-16H,1-4H3;/q-2;-1;+3. The minimum absolute atomic E-state index is 0. The molecule has 53 heavy (non-hydrogen) atoms. The number of fused-ring (bicyclic) bond motifs is 4. The summed E-state index contributed by atoms with van der Waals surface area (Å²) in [5, 5.41) is 2.46. The van der Waals surface area contributed by atoms with E-state index in [1.807, 2.05) is 24.4 Å². The first kappa shape index (κ1) is 36.0. The summed E-state index contributed by atoms with van der Waals surface area (Å²) in [6.45, 7) is 11.1. The number of anilines is 3. The van der Waals surface area contributed by atoms with Gasteiger partial charge in [-0.25, -0.2) is 0 Å². The maximum atomic E-state index is 4.60. The molecule has 6 heteroatoms. The third-order valence-corrected chi connectivity index (χ3v) is 9.85. The van der Waals surface area contributed by atoms with Crippen molar-refractivity contribution < 1.29 is 20.1 Å². The first-order valence-electron chi connectivity index (χ1n) is 18.0. The van der Waals surface area contributed by atoms with Crippen molar-refractivity contribution in [2.75, 3.05) is 16.8 Å². The summed E-state index contributed by atoms with van der Waals surface area (Å²) in [6, 6.07) is 53.4. The average Bonchev–Trinajstić information content (AvgIpc) is 3.89. The second-order valence-electron chi connectivity index (χ2n) is 13.9. The van der Waals surface area contributed by atoms with Crippen LogP contribution in [0.1, 0.15) is 50.7 Å². The van der Waals surface area contributed by atoms with Gasteiger partial charge in [-0.15, -0.1) is 53.0 Å². The topological polar surface area (TPSA) is 29.2 Å². The summed E-state index contributed by atoms with van der Waals surface area (Å²) in [5.41, 5.74) is 12.0. The molecule has 1 aliphatic heterocycles. The fraction of sp³-hybridized carbons (Fsp3) is 0.149. The molecule has 6 aromatic carbocycles. The van der Waals surface area contributed by atoms with Crippen molar-refractivity contribution in [1.29, 1.82) is 0 Å². The molecule has 9 rings (SSSR count). The van der Waals surface area contributed by atoms with Crippen LogP contribution in [-0.2, 0) is 20.1 Å². The second-order valence-corrected chi connectivity index (χ2v) is 13.9. The van der Waals surface area contributed by atoms with Gasteiger partial charge in [0.1, 0.15) is 0 Å². The van der Waals surface area contributed by atoms with Crippen molar-refractivity contribution >= 4 is 38.9 Å². The molecule has 0 amide bonds. The number of hydrogen-bond donors (Lipinski definition) is 0. The number of imidazole rings is 1. The summed E-state index contributed by atoms with van der Waals surface area (Å²) in [7, 11) is 2.08. The largest absolute Gasteiger partial charge is 3.00 e. The van der Waals surface area contributed by atoms with Gasteiger partial charge in [0.25, 0.3) is 0 Å². The molecular formula is C47H42IrN5. The SMILES string of the molecule is CC(C)c1cccc(C(C)C)c1-n1ccnc1-c1[c-]cccc1.CN1[CH-]N(c2[c-]cc3c4ccccc4n(-c4ccccc4)c3c2)c2ccccc21.[Ir+3]. The van der Waals surface area contributed by atoms with Crippen molar-refractivity contribution in [3.05, 3.63) is 176 Å². The van der Waals surface area contributed by atoms with E-state index in [2.05, 4.69) is 199 Å². The van der Waals surface area contributed by atoms with Crippen molar-refractivity contribution in [3.63, 3.8) is 0 Å². The van der Waals surface area contributed by atoms with Gasteiger partial charge in [-0.3, -0.25) is 4.98 Å². The summed E-state index contributed by atoms with van der Waals surface area (Å²) in [6.07, 6.45) is 3.93. The monoisotopic (exact) mass is 869 g/mol. The van der Waals surface area contributed by atoms with E-state index in [1.165, 1.54) is 55.7 Å². The number of rotatable bonds is 6. The van der Waals surface area contributed by atoms with E-state index in [1.54, 1.807) is 0 Å². The van der Waals surface area contributed by atoms with Crippen LogP contribution in [0.3, 0.4) is 0 Å². The Hall–Kier alpha value is -5.42. The zero-order chi connectivity index (χ0) is 35.8. The van der Waals surface area contributed by atoms with Gasteiger partial charge in [0.05, 0.1) is 5.82 Å². The maximum Gasteiger partial charge on any atom is 3.00 e. The summed E-state index contributed by atoms with van der Waals surface area (Å²) in [5.74, 6) is 1.86. The van der Waals surface area contributed by atoms with E-state index in [-0.39, 0.29) is 20.1 Å². The Morgan fingerprint density at radius 2 is 1.34 bits per heavy atom. The van der Waals surface area contributed by atoms with Crippen molar-refractivity contribution in [2.24, 2.45) is 0 Å². The number of para-hydroxylation sites is 5. The molecule has 5 nitrogen and oxygen atoms in total. The van der Waals surface area contributed by atoms with Gasteiger partial charge in [0.2, 0.25) is 0 Å². The van der Waals surface area contributed by atoms with Gasteiger partial charge < -0.3 is 18.9 Å². The smallest absolute Gasteiger partial charge is 0.504 e. The Kier molecular flexibility index (Phi) is 10.4. The maximum absolute atomic E-state index is 4.60. The summed E-state index contributed by atoms with van der Waals surface area (Å²) in [4.78, 5) is 8.96. The molecule has 0 spiro atoms.